The van der Waals surface area contributed by atoms with Gasteiger partial charge in [-0.15, -0.1) is 0 Å². The molecule has 0 saturated carbocycles. The first-order valence-corrected chi connectivity index (χ1v) is 7.26. The lowest BCUT2D eigenvalue weighted by molar-refractivity contribution is 0.820. The molecule has 1 heterocycles. The predicted octanol–water partition coefficient (Wildman–Crippen LogP) is 2.84. The zero-order valence-electron chi connectivity index (χ0n) is 10.6. The highest BCUT2D eigenvalue weighted by atomic mass is 32.2. The van der Waals surface area contributed by atoms with E-state index >= 15 is 0 Å². The number of aromatic nitrogens is 2. The summed E-state index contributed by atoms with van der Waals surface area (Å²) >= 11 is 1.91. The Balaban J connectivity index is 1.95. The van der Waals surface area contributed by atoms with E-state index in [-0.39, 0.29) is 0 Å². The molecule has 0 aliphatic rings. The number of nitrogens with two attached hydrogens (primary N) is 1. The summed E-state index contributed by atoms with van der Waals surface area (Å²) in [7, 11) is 0. The van der Waals surface area contributed by atoms with Crippen LogP contribution in [0.1, 0.15) is 19.0 Å². The van der Waals surface area contributed by atoms with Gasteiger partial charge in [0.2, 0.25) is 0 Å². The summed E-state index contributed by atoms with van der Waals surface area (Å²) < 4.78 is 1.92. The van der Waals surface area contributed by atoms with Crippen molar-refractivity contribution >= 4 is 11.8 Å². The van der Waals surface area contributed by atoms with E-state index in [0.29, 0.717) is 5.25 Å². The maximum absolute atomic E-state index is 5.55. The standard InChI is InChI=1S/C14H19N3S/c1-12(7-9-15)18-11-13-8-10-17(16-13)14-5-3-2-4-6-14/h2-6,8,10,12H,7,9,11,15H2,1H3. The summed E-state index contributed by atoms with van der Waals surface area (Å²) in [5, 5.41) is 5.17. The molecule has 96 valence electrons. The fourth-order valence-corrected chi connectivity index (χ4v) is 2.62. The second kappa shape index (κ2) is 6.61. The van der Waals surface area contributed by atoms with Crippen LogP contribution in [-0.2, 0) is 5.75 Å². The van der Waals surface area contributed by atoms with Crippen molar-refractivity contribution in [1.82, 2.24) is 9.78 Å². The van der Waals surface area contributed by atoms with Crippen molar-refractivity contribution in [2.45, 2.75) is 24.3 Å². The van der Waals surface area contributed by atoms with Crippen LogP contribution in [0.4, 0.5) is 0 Å². The molecule has 0 amide bonds. The molecule has 2 aromatic rings. The van der Waals surface area contributed by atoms with Crippen LogP contribution in [0.3, 0.4) is 0 Å². The highest BCUT2D eigenvalue weighted by molar-refractivity contribution is 7.99. The van der Waals surface area contributed by atoms with Crippen molar-refractivity contribution in [3.8, 4) is 5.69 Å². The molecule has 0 aliphatic carbocycles. The van der Waals surface area contributed by atoms with Gasteiger partial charge in [-0.2, -0.15) is 16.9 Å². The number of para-hydroxylation sites is 1. The van der Waals surface area contributed by atoms with E-state index in [2.05, 4.69) is 30.2 Å². The fraction of sp³-hybridized carbons (Fsp3) is 0.357. The van der Waals surface area contributed by atoms with E-state index < -0.39 is 0 Å². The van der Waals surface area contributed by atoms with Crippen LogP contribution in [0.2, 0.25) is 0 Å². The monoisotopic (exact) mass is 261 g/mol. The zero-order valence-corrected chi connectivity index (χ0v) is 11.4. The Labute approximate surface area is 112 Å². The molecule has 18 heavy (non-hydrogen) atoms. The fourth-order valence-electron chi connectivity index (χ4n) is 1.71. The number of hydrogen-bond donors (Lipinski definition) is 1. The summed E-state index contributed by atoms with van der Waals surface area (Å²) in [4.78, 5) is 0. The van der Waals surface area contributed by atoms with Crippen molar-refractivity contribution < 1.29 is 0 Å². The van der Waals surface area contributed by atoms with Gasteiger partial charge in [0.25, 0.3) is 0 Å². The van der Waals surface area contributed by atoms with E-state index in [0.717, 1.165) is 30.1 Å². The molecule has 0 radical (unpaired) electrons. The number of rotatable bonds is 6. The second-order valence-corrected chi connectivity index (χ2v) is 5.71. The Kier molecular flexibility index (Phi) is 4.84. The Morgan fingerprint density at radius 2 is 2.06 bits per heavy atom. The molecule has 0 fully saturated rings. The summed E-state index contributed by atoms with van der Waals surface area (Å²) in [6.07, 6.45) is 3.07. The van der Waals surface area contributed by atoms with Gasteiger partial charge in [-0.1, -0.05) is 25.1 Å². The third-order valence-electron chi connectivity index (χ3n) is 2.75. The summed E-state index contributed by atoms with van der Waals surface area (Å²) in [5.41, 5.74) is 7.76. The van der Waals surface area contributed by atoms with Crippen molar-refractivity contribution in [2.24, 2.45) is 5.73 Å². The molecule has 3 nitrogen and oxygen atoms in total. The van der Waals surface area contributed by atoms with Gasteiger partial charge < -0.3 is 5.73 Å². The molecule has 0 aliphatic heterocycles. The van der Waals surface area contributed by atoms with Crippen LogP contribution >= 0.6 is 11.8 Å². The molecule has 4 heteroatoms. The normalized spacial score (nSPS) is 12.6. The van der Waals surface area contributed by atoms with Crippen molar-refractivity contribution in [3.05, 3.63) is 48.3 Å². The van der Waals surface area contributed by atoms with Crippen LogP contribution in [0.25, 0.3) is 5.69 Å². The Bertz CT molecular complexity index is 467. The summed E-state index contributed by atoms with van der Waals surface area (Å²) in [6.45, 7) is 2.97. The van der Waals surface area contributed by atoms with Crippen molar-refractivity contribution in [1.29, 1.82) is 0 Å². The molecular weight excluding hydrogens is 242 g/mol. The smallest absolute Gasteiger partial charge is 0.0728 e. The molecule has 1 unspecified atom stereocenters. The summed E-state index contributed by atoms with van der Waals surface area (Å²) in [6, 6.07) is 12.2. The van der Waals surface area contributed by atoms with Gasteiger partial charge in [-0.05, 0) is 31.2 Å². The van der Waals surface area contributed by atoms with E-state index in [1.165, 1.54) is 0 Å². The van der Waals surface area contributed by atoms with Crippen molar-refractivity contribution in [2.75, 3.05) is 6.54 Å². The average molecular weight is 261 g/mol. The topological polar surface area (TPSA) is 43.8 Å². The third-order valence-corrected chi connectivity index (χ3v) is 4.02. The molecule has 0 spiro atoms. The van der Waals surface area contributed by atoms with Crippen LogP contribution in [0, 0.1) is 0 Å². The largest absolute Gasteiger partial charge is 0.330 e. The van der Waals surface area contributed by atoms with E-state index in [1.54, 1.807) is 0 Å². The van der Waals surface area contributed by atoms with Gasteiger partial charge >= 0.3 is 0 Å². The van der Waals surface area contributed by atoms with Crippen LogP contribution in [0.5, 0.6) is 0 Å². The van der Waals surface area contributed by atoms with Gasteiger partial charge in [0.05, 0.1) is 11.4 Å². The quantitative estimate of drug-likeness (QED) is 0.869. The molecule has 0 bridgehead atoms. The molecule has 2 rings (SSSR count). The Morgan fingerprint density at radius 3 is 2.78 bits per heavy atom. The minimum absolute atomic E-state index is 0.594. The Morgan fingerprint density at radius 1 is 1.28 bits per heavy atom. The Hall–Kier alpha value is -1.26. The van der Waals surface area contributed by atoms with E-state index in [4.69, 9.17) is 5.73 Å². The predicted molar refractivity (Wildman–Crippen MR) is 78.0 cm³/mol. The van der Waals surface area contributed by atoms with Crippen LogP contribution in [0.15, 0.2) is 42.6 Å². The molecule has 2 N–H and O–H groups in total. The number of thioether (sulfide) groups is 1. The summed E-state index contributed by atoms with van der Waals surface area (Å²) in [5.74, 6) is 0.945. The number of benzene rings is 1. The highest BCUT2D eigenvalue weighted by Crippen LogP contribution is 2.19. The lowest BCUT2D eigenvalue weighted by Crippen LogP contribution is -2.07. The lowest BCUT2D eigenvalue weighted by atomic mass is 10.3. The van der Waals surface area contributed by atoms with Crippen molar-refractivity contribution in [3.63, 3.8) is 0 Å². The van der Waals surface area contributed by atoms with Gasteiger partial charge in [-0.3, -0.25) is 0 Å². The zero-order chi connectivity index (χ0) is 12.8. The molecule has 1 atom stereocenters. The molecule has 0 saturated heterocycles. The number of nitrogens with zero attached hydrogens (tertiary/aromatic N) is 2. The highest BCUT2D eigenvalue weighted by Gasteiger charge is 2.05. The first-order chi connectivity index (χ1) is 8.79. The molecule has 1 aromatic heterocycles. The van der Waals surface area contributed by atoms with Gasteiger partial charge in [0.15, 0.2) is 0 Å². The lowest BCUT2D eigenvalue weighted by Gasteiger charge is -2.07. The first kappa shape index (κ1) is 13.2. The maximum Gasteiger partial charge on any atom is 0.0728 e. The van der Waals surface area contributed by atoms with Gasteiger partial charge in [0, 0.05) is 17.2 Å². The first-order valence-electron chi connectivity index (χ1n) is 6.21. The maximum atomic E-state index is 5.55. The van der Waals surface area contributed by atoms with E-state index in [1.807, 2.05) is 40.8 Å². The SMILES string of the molecule is CC(CCN)SCc1ccn(-c2ccccc2)n1. The second-order valence-electron chi connectivity index (χ2n) is 4.29. The third kappa shape index (κ3) is 3.62. The average Bonchev–Trinajstić information content (AvgIpc) is 2.87. The number of hydrogen-bond acceptors (Lipinski definition) is 3. The van der Waals surface area contributed by atoms with Gasteiger partial charge in [0.1, 0.15) is 0 Å². The minimum atomic E-state index is 0.594. The van der Waals surface area contributed by atoms with E-state index in [9.17, 15) is 0 Å². The van der Waals surface area contributed by atoms with Gasteiger partial charge in [-0.25, -0.2) is 4.68 Å². The van der Waals surface area contributed by atoms with Crippen LogP contribution in [-0.4, -0.2) is 21.6 Å². The van der Waals surface area contributed by atoms with Crippen LogP contribution < -0.4 is 5.73 Å². The minimum Gasteiger partial charge on any atom is -0.330 e. The molecule has 1 aromatic carbocycles. The molecular formula is C14H19N3S.